The maximum absolute atomic E-state index is 12.4. The van der Waals surface area contributed by atoms with E-state index in [0.717, 1.165) is 29.3 Å². The fourth-order valence-corrected chi connectivity index (χ4v) is 3.01. The highest BCUT2D eigenvalue weighted by Gasteiger charge is 2.09. The van der Waals surface area contributed by atoms with Crippen molar-refractivity contribution in [1.29, 1.82) is 0 Å². The molecule has 0 atom stereocenters. The summed E-state index contributed by atoms with van der Waals surface area (Å²) in [6.07, 6.45) is 2.55. The van der Waals surface area contributed by atoms with Crippen LogP contribution in [0.25, 0.3) is 0 Å². The van der Waals surface area contributed by atoms with E-state index >= 15 is 0 Å². The van der Waals surface area contributed by atoms with Crippen LogP contribution < -0.4 is 9.47 Å². The van der Waals surface area contributed by atoms with E-state index in [1.165, 1.54) is 0 Å². The molecule has 3 rings (SSSR count). The molecule has 0 heterocycles. The molecule has 0 saturated heterocycles. The molecule has 3 aromatic carbocycles. The molecule has 180 valence electrons. The van der Waals surface area contributed by atoms with Gasteiger partial charge in [-0.3, -0.25) is 0 Å². The first-order chi connectivity index (χ1) is 17.6. The molecule has 0 aliphatic rings. The van der Waals surface area contributed by atoms with E-state index in [1.807, 2.05) is 24.3 Å². The molecule has 0 saturated carbocycles. The Bertz CT molecular complexity index is 1300. The minimum Gasteiger partial charge on any atom is -0.494 e. The molecular weight excluding hydrogens is 474 g/mol. The summed E-state index contributed by atoms with van der Waals surface area (Å²) in [5.41, 5.74) is 2.76. The van der Waals surface area contributed by atoms with Gasteiger partial charge in [0.1, 0.15) is 11.5 Å². The van der Waals surface area contributed by atoms with Gasteiger partial charge in [0, 0.05) is 17.2 Å². The van der Waals surface area contributed by atoms with Gasteiger partial charge in [0.2, 0.25) is 0 Å². The molecule has 0 spiro atoms. The molecule has 0 radical (unpaired) electrons. The number of ether oxygens (including phenoxy) is 3. The zero-order valence-corrected chi connectivity index (χ0v) is 20.3. The number of esters is 2. The maximum Gasteiger partial charge on any atom is 0.343 e. The molecular formula is C29H23NO5S. The number of carbonyl (C=O) groups is 2. The average molecular weight is 498 g/mol. The van der Waals surface area contributed by atoms with Gasteiger partial charge in [0.15, 0.2) is 0 Å². The van der Waals surface area contributed by atoms with E-state index in [1.54, 1.807) is 48.5 Å². The highest BCUT2D eigenvalue weighted by Crippen LogP contribution is 2.17. The third-order valence-corrected chi connectivity index (χ3v) is 4.86. The normalized spacial score (nSPS) is 9.67. The van der Waals surface area contributed by atoms with Crippen molar-refractivity contribution in [3.05, 3.63) is 102 Å². The van der Waals surface area contributed by atoms with Crippen molar-refractivity contribution in [2.24, 2.45) is 4.99 Å². The van der Waals surface area contributed by atoms with E-state index in [-0.39, 0.29) is 0 Å². The Balaban J connectivity index is 1.46. The van der Waals surface area contributed by atoms with Crippen molar-refractivity contribution in [3.8, 4) is 23.3 Å². The predicted molar refractivity (Wildman–Crippen MR) is 141 cm³/mol. The lowest BCUT2D eigenvalue weighted by atomic mass is 10.1. The quantitative estimate of drug-likeness (QED) is 0.0658. The Kier molecular flexibility index (Phi) is 10.2. The van der Waals surface area contributed by atoms with E-state index < -0.39 is 11.9 Å². The van der Waals surface area contributed by atoms with Gasteiger partial charge in [0.25, 0.3) is 0 Å². The summed E-state index contributed by atoms with van der Waals surface area (Å²) in [5, 5.41) is 2.33. The standard InChI is InChI=1S/C29H23NO5S/c1-2-28(31)34-20-4-3-19-33-26-17-11-24(12-18-26)29(32)35-27-15-9-23(10-16-27)6-5-22-7-13-25(14-8-22)30-21-36/h2,7-18H,1,3-4,19-20H2. The summed E-state index contributed by atoms with van der Waals surface area (Å²) < 4.78 is 16.0. The second kappa shape index (κ2) is 14.0. The molecule has 0 bridgehead atoms. The minimum absolute atomic E-state index is 0.325. The van der Waals surface area contributed by atoms with Gasteiger partial charge in [0.05, 0.1) is 29.6 Å². The molecule has 0 unspecified atom stereocenters. The Morgan fingerprint density at radius 3 is 2.03 bits per heavy atom. The van der Waals surface area contributed by atoms with Gasteiger partial charge in [-0.25, -0.2) is 9.59 Å². The van der Waals surface area contributed by atoms with Crippen LogP contribution in [0.15, 0.2) is 90.4 Å². The highest BCUT2D eigenvalue weighted by molar-refractivity contribution is 7.78. The Morgan fingerprint density at radius 2 is 1.42 bits per heavy atom. The number of unbranched alkanes of at least 4 members (excludes halogenated alkanes) is 1. The average Bonchev–Trinajstić information content (AvgIpc) is 2.91. The van der Waals surface area contributed by atoms with Crippen LogP contribution in [0.1, 0.15) is 34.3 Å². The van der Waals surface area contributed by atoms with Crippen LogP contribution in [0.5, 0.6) is 11.5 Å². The van der Waals surface area contributed by atoms with Crippen molar-refractivity contribution in [1.82, 2.24) is 0 Å². The van der Waals surface area contributed by atoms with Crippen LogP contribution in [0.2, 0.25) is 0 Å². The number of thiocarbonyl (C=S) groups is 1. The lowest BCUT2D eigenvalue weighted by molar-refractivity contribution is -0.137. The van der Waals surface area contributed by atoms with E-state index in [2.05, 4.69) is 40.8 Å². The number of benzene rings is 3. The van der Waals surface area contributed by atoms with Gasteiger partial charge >= 0.3 is 11.9 Å². The molecule has 36 heavy (non-hydrogen) atoms. The molecule has 3 aromatic rings. The Labute approximate surface area is 215 Å². The first kappa shape index (κ1) is 26.1. The fourth-order valence-electron chi connectivity index (χ4n) is 2.90. The van der Waals surface area contributed by atoms with E-state index in [4.69, 9.17) is 14.2 Å². The molecule has 0 amide bonds. The second-order valence-electron chi connectivity index (χ2n) is 7.37. The second-order valence-corrected chi connectivity index (χ2v) is 7.55. The highest BCUT2D eigenvalue weighted by atomic mass is 32.1. The minimum atomic E-state index is -0.469. The molecule has 7 heteroatoms. The molecule has 0 aliphatic carbocycles. The maximum atomic E-state index is 12.4. The largest absolute Gasteiger partial charge is 0.494 e. The summed E-state index contributed by atoms with van der Waals surface area (Å²) in [4.78, 5) is 27.3. The van der Waals surface area contributed by atoms with Crippen molar-refractivity contribution in [2.45, 2.75) is 12.8 Å². The number of carbonyl (C=O) groups excluding carboxylic acids is 2. The smallest absolute Gasteiger partial charge is 0.343 e. The fraction of sp³-hybridized carbons (Fsp3) is 0.138. The number of hydrogen-bond acceptors (Lipinski definition) is 7. The number of nitrogens with zero attached hydrogens (tertiary/aromatic N) is 1. The van der Waals surface area contributed by atoms with Crippen LogP contribution in [0.3, 0.4) is 0 Å². The number of isothiocyanates is 1. The zero-order chi connectivity index (χ0) is 25.6. The SMILES string of the molecule is C=CC(=O)OCCCCOc1ccc(C(=O)Oc2ccc(C#Cc3ccc(N=C=S)cc3)cc2)cc1. The third-order valence-electron chi connectivity index (χ3n) is 4.77. The molecule has 0 N–H and O–H groups in total. The molecule has 6 nitrogen and oxygen atoms in total. The molecule has 0 aliphatic heterocycles. The predicted octanol–water partition coefficient (Wildman–Crippen LogP) is 5.93. The van der Waals surface area contributed by atoms with Crippen LogP contribution in [-0.2, 0) is 9.53 Å². The summed E-state index contributed by atoms with van der Waals surface area (Å²) >= 11 is 4.59. The third kappa shape index (κ3) is 8.69. The van der Waals surface area contributed by atoms with Crippen LogP contribution in [0, 0.1) is 11.8 Å². The summed E-state index contributed by atoms with van der Waals surface area (Å²) in [5.74, 6) is 6.30. The van der Waals surface area contributed by atoms with E-state index in [0.29, 0.717) is 36.7 Å². The van der Waals surface area contributed by atoms with Crippen LogP contribution >= 0.6 is 12.2 Å². The Morgan fingerprint density at radius 1 is 0.833 bits per heavy atom. The molecule has 0 aromatic heterocycles. The van der Waals surface area contributed by atoms with Crippen LogP contribution in [-0.4, -0.2) is 30.3 Å². The summed E-state index contributed by atoms with van der Waals surface area (Å²) in [6, 6.07) is 21.0. The lowest BCUT2D eigenvalue weighted by Gasteiger charge is -2.08. The van der Waals surface area contributed by atoms with Gasteiger partial charge in [-0.2, -0.15) is 4.99 Å². The van der Waals surface area contributed by atoms with Gasteiger partial charge in [-0.15, -0.1) is 0 Å². The van der Waals surface area contributed by atoms with E-state index in [9.17, 15) is 9.59 Å². The summed E-state index contributed by atoms with van der Waals surface area (Å²) in [6.45, 7) is 4.14. The topological polar surface area (TPSA) is 74.2 Å². The zero-order valence-electron chi connectivity index (χ0n) is 19.4. The van der Waals surface area contributed by atoms with Crippen molar-refractivity contribution < 1.29 is 23.8 Å². The monoisotopic (exact) mass is 497 g/mol. The number of rotatable bonds is 10. The van der Waals surface area contributed by atoms with Crippen molar-refractivity contribution in [3.63, 3.8) is 0 Å². The van der Waals surface area contributed by atoms with Crippen molar-refractivity contribution >= 4 is 35.0 Å². The molecule has 0 fully saturated rings. The van der Waals surface area contributed by atoms with Gasteiger partial charge in [-0.05, 0) is 97.9 Å². The number of hydrogen-bond donors (Lipinski definition) is 0. The lowest BCUT2D eigenvalue weighted by Crippen LogP contribution is -2.08. The van der Waals surface area contributed by atoms with Gasteiger partial charge in [-0.1, -0.05) is 18.4 Å². The van der Waals surface area contributed by atoms with Gasteiger partial charge < -0.3 is 14.2 Å². The summed E-state index contributed by atoms with van der Waals surface area (Å²) in [7, 11) is 0. The van der Waals surface area contributed by atoms with Crippen molar-refractivity contribution in [2.75, 3.05) is 13.2 Å². The Hall–Kier alpha value is -4.50. The first-order valence-electron chi connectivity index (χ1n) is 11.1. The first-order valence-corrected chi connectivity index (χ1v) is 11.5. The number of aliphatic imine (C=N–C) groups is 1. The van der Waals surface area contributed by atoms with Crippen LogP contribution in [0.4, 0.5) is 5.69 Å².